The number of nitrogens with two attached hydrogens (primary N) is 4. The van der Waals surface area contributed by atoms with Crippen LogP contribution in [0.3, 0.4) is 0 Å². The largest absolute Gasteiger partial charge is 0.481 e. The molecule has 0 unspecified atom stereocenters. The summed E-state index contributed by atoms with van der Waals surface area (Å²) in [4.78, 5) is 102. The van der Waals surface area contributed by atoms with E-state index in [2.05, 4.69) is 26.6 Å². The number of nitrogens with one attached hydrogen (secondary N) is 5. The van der Waals surface area contributed by atoms with Crippen LogP contribution in [0.4, 0.5) is 0 Å². The number of primary amides is 1. The van der Waals surface area contributed by atoms with Gasteiger partial charge >= 0.3 is 11.9 Å². The van der Waals surface area contributed by atoms with Gasteiger partial charge in [-0.25, -0.2) is 4.79 Å². The van der Waals surface area contributed by atoms with Gasteiger partial charge in [0.1, 0.15) is 30.2 Å². The molecule has 0 aliphatic rings. The maximum atomic E-state index is 13.8. The van der Waals surface area contributed by atoms with Gasteiger partial charge in [0.2, 0.25) is 35.4 Å². The number of hydrogen-bond acceptors (Lipinski definition) is 12. The molecule has 55 heavy (non-hydrogen) atoms. The maximum absolute atomic E-state index is 13.8. The fourth-order valence-electron chi connectivity index (χ4n) is 5.27. The molecule has 0 heterocycles. The second kappa shape index (κ2) is 26.9. The van der Waals surface area contributed by atoms with Gasteiger partial charge in [-0.15, -0.1) is 0 Å². The Balaban J connectivity index is 3.35. The SMILES string of the molecule is CSCC[C@H](NC(=O)[C@@H](N)CCCCN)C(=O)N[C@@H](CCCCN)C(=O)N[C@@H](CCC(=O)O)C(=O)N[C@@H](Cc1ccccc1)C(=O)N[C@@H](CC(N)=O)C(=O)O. The summed E-state index contributed by atoms with van der Waals surface area (Å²) >= 11 is 1.44. The molecular weight excluding hydrogens is 739 g/mol. The first-order valence-electron chi connectivity index (χ1n) is 18.1. The van der Waals surface area contributed by atoms with E-state index in [0.29, 0.717) is 50.0 Å². The quantitative estimate of drug-likeness (QED) is 0.0384. The third-order valence-electron chi connectivity index (χ3n) is 8.34. The molecule has 0 saturated carbocycles. The first-order valence-corrected chi connectivity index (χ1v) is 19.5. The molecule has 6 atom stereocenters. The monoisotopic (exact) mass is 795 g/mol. The summed E-state index contributed by atoms with van der Waals surface area (Å²) in [7, 11) is 0. The topological polar surface area (TPSA) is 341 Å². The number of aliphatic carboxylic acids is 2. The van der Waals surface area contributed by atoms with E-state index in [1.165, 1.54) is 11.8 Å². The molecule has 0 aliphatic heterocycles. The standard InChI is InChI=1S/C35H57N9O10S/c1-55-18-15-25(40-30(48)22(38)11-5-7-16-36)33(51)41-23(12-6-8-17-37)31(49)42-24(13-14-29(46)47)32(50)43-26(19-21-9-3-2-4-10-21)34(52)44-27(35(53)54)20-28(39)45/h2-4,9-10,22-27H,5-8,11-20,36-38H2,1H3,(H2,39,45)(H,40,48)(H,41,51)(H,42,49)(H,43,50)(H,44,52)(H,46,47)(H,53,54)/t22-,23-,24-,25-,26-,27-/m0/s1. The van der Waals surface area contributed by atoms with Crippen molar-refractivity contribution in [3.63, 3.8) is 0 Å². The average Bonchev–Trinajstić information content (AvgIpc) is 3.13. The fourth-order valence-corrected chi connectivity index (χ4v) is 5.74. The Morgan fingerprint density at radius 2 is 1.11 bits per heavy atom. The van der Waals surface area contributed by atoms with Crippen molar-refractivity contribution in [3.05, 3.63) is 35.9 Å². The number of thioether (sulfide) groups is 1. The summed E-state index contributed by atoms with van der Waals surface area (Å²) in [6.45, 7) is 0.724. The van der Waals surface area contributed by atoms with E-state index in [4.69, 9.17) is 22.9 Å². The fraction of sp³-hybridized carbons (Fsp3) is 0.600. The van der Waals surface area contributed by atoms with Gasteiger partial charge in [0, 0.05) is 12.8 Å². The Kier molecular flexibility index (Phi) is 23.6. The zero-order valence-corrected chi connectivity index (χ0v) is 31.9. The number of amides is 6. The summed E-state index contributed by atoms with van der Waals surface area (Å²) in [6, 6.07) is 0.448. The lowest BCUT2D eigenvalue weighted by atomic mass is 10.0. The van der Waals surface area contributed by atoms with E-state index in [9.17, 15) is 48.6 Å². The second-order valence-electron chi connectivity index (χ2n) is 12.9. The first kappa shape index (κ1) is 48.2. The minimum atomic E-state index is -1.71. The number of carboxylic acid groups (broad SMARTS) is 2. The van der Waals surface area contributed by atoms with E-state index >= 15 is 0 Å². The molecule has 1 aromatic carbocycles. The lowest BCUT2D eigenvalue weighted by molar-refractivity contribution is -0.143. The molecule has 308 valence electrons. The van der Waals surface area contributed by atoms with Crippen molar-refractivity contribution in [1.82, 2.24) is 26.6 Å². The Morgan fingerprint density at radius 1 is 0.636 bits per heavy atom. The highest BCUT2D eigenvalue weighted by molar-refractivity contribution is 7.98. The van der Waals surface area contributed by atoms with E-state index in [0.717, 1.165) is 0 Å². The van der Waals surface area contributed by atoms with Gasteiger partial charge in [0.05, 0.1) is 12.5 Å². The van der Waals surface area contributed by atoms with Gasteiger partial charge in [-0.1, -0.05) is 36.8 Å². The number of rotatable bonds is 29. The summed E-state index contributed by atoms with van der Waals surface area (Å²) in [5, 5.41) is 31.4. The predicted molar refractivity (Wildman–Crippen MR) is 205 cm³/mol. The molecule has 15 N–H and O–H groups in total. The number of benzene rings is 1. The molecule has 1 aromatic rings. The van der Waals surface area contributed by atoms with Crippen LogP contribution >= 0.6 is 11.8 Å². The van der Waals surface area contributed by atoms with Crippen LogP contribution in [0.2, 0.25) is 0 Å². The Hall–Kier alpha value is -4.79. The Bertz CT molecular complexity index is 1420. The normalized spacial score (nSPS) is 14.2. The molecule has 0 radical (unpaired) electrons. The summed E-state index contributed by atoms with van der Waals surface area (Å²) in [5.41, 5.74) is 22.9. The smallest absolute Gasteiger partial charge is 0.326 e. The van der Waals surface area contributed by atoms with Crippen molar-refractivity contribution in [2.75, 3.05) is 25.1 Å². The van der Waals surface area contributed by atoms with Crippen LogP contribution in [-0.2, 0) is 44.8 Å². The van der Waals surface area contributed by atoms with Crippen LogP contribution in [0.15, 0.2) is 30.3 Å². The van der Waals surface area contributed by atoms with Crippen LogP contribution in [0.1, 0.15) is 69.8 Å². The van der Waals surface area contributed by atoms with E-state index in [1.54, 1.807) is 30.3 Å². The van der Waals surface area contributed by atoms with E-state index in [-0.39, 0.29) is 25.8 Å². The highest BCUT2D eigenvalue weighted by atomic mass is 32.2. The molecule has 0 spiro atoms. The van der Waals surface area contributed by atoms with Gasteiger partial charge < -0.3 is 59.7 Å². The van der Waals surface area contributed by atoms with Gasteiger partial charge in [-0.2, -0.15) is 11.8 Å². The number of carbonyl (C=O) groups excluding carboxylic acids is 6. The van der Waals surface area contributed by atoms with Gasteiger partial charge in [-0.05, 0) is 75.6 Å². The first-order chi connectivity index (χ1) is 26.1. The van der Waals surface area contributed by atoms with Crippen LogP contribution in [0.25, 0.3) is 0 Å². The van der Waals surface area contributed by atoms with Crippen LogP contribution in [-0.4, -0.2) is 119 Å². The highest BCUT2D eigenvalue weighted by Gasteiger charge is 2.33. The molecular formula is C35H57N9O10S. The summed E-state index contributed by atoms with van der Waals surface area (Å²) in [5.74, 6) is -7.40. The third kappa shape index (κ3) is 19.9. The summed E-state index contributed by atoms with van der Waals surface area (Å²) in [6.07, 6.45) is 2.71. The molecule has 0 fully saturated rings. The van der Waals surface area contributed by atoms with Crippen LogP contribution < -0.4 is 49.5 Å². The Labute approximate surface area is 324 Å². The lowest BCUT2D eigenvalue weighted by Crippen LogP contribution is -2.59. The van der Waals surface area contributed by atoms with Crippen molar-refractivity contribution in [2.45, 2.75) is 107 Å². The van der Waals surface area contributed by atoms with Gasteiger partial charge in [0.15, 0.2) is 0 Å². The zero-order chi connectivity index (χ0) is 41.3. The predicted octanol–water partition coefficient (Wildman–Crippen LogP) is -2.18. The lowest BCUT2D eigenvalue weighted by Gasteiger charge is -2.27. The minimum Gasteiger partial charge on any atom is -0.481 e. The second-order valence-corrected chi connectivity index (χ2v) is 13.9. The number of unbranched alkanes of at least 4 members (excludes halogenated alkanes) is 2. The van der Waals surface area contributed by atoms with Crippen LogP contribution in [0, 0.1) is 0 Å². The minimum absolute atomic E-state index is 0.0688. The number of hydrogen-bond donors (Lipinski definition) is 11. The zero-order valence-electron chi connectivity index (χ0n) is 31.1. The average molecular weight is 796 g/mol. The molecule has 0 aromatic heterocycles. The maximum Gasteiger partial charge on any atom is 0.326 e. The highest BCUT2D eigenvalue weighted by Crippen LogP contribution is 2.10. The molecule has 0 aliphatic carbocycles. The van der Waals surface area contributed by atoms with Crippen molar-refractivity contribution >= 4 is 59.1 Å². The van der Waals surface area contributed by atoms with Crippen molar-refractivity contribution in [2.24, 2.45) is 22.9 Å². The van der Waals surface area contributed by atoms with Gasteiger partial charge in [-0.3, -0.25) is 33.6 Å². The molecule has 6 amide bonds. The molecule has 0 bridgehead atoms. The van der Waals surface area contributed by atoms with Gasteiger partial charge in [0.25, 0.3) is 0 Å². The number of carbonyl (C=O) groups is 8. The molecule has 0 saturated heterocycles. The van der Waals surface area contributed by atoms with Crippen molar-refractivity contribution < 1.29 is 48.6 Å². The Morgan fingerprint density at radius 3 is 1.62 bits per heavy atom. The number of carboxylic acids is 2. The molecule has 1 rings (SSSR count). The summed E-state index contributed by atoms with van der Waals surface area (Å²) < 4.78 is 0. The van der Waals surface area contributed by atoms with Crippen molar-refractivity contribution in [1.29, 1.82) is 0 Å². The molecule has 19 nitrogen and oxygen atoms in total. The van der Waals surface area contributed by atoms with Crippen LogP contribution in [0.5, 0.6) is 0 Å². The van der Waals surface area contributed by atoms with E-state index in [1.807, 2.05) is 6.26 Å². The van der Waals surface area contributed by atoms with Crippen molar-refractivity contribution in [3.8, 4) is 0 Å². The van der Waals surface area contributed by atoms with E-state index < -0.39 is 103 Å². The third-order valence-corrected chi connectivity index (χ3v) is 8.99. The molecule has 20 heteroatoms.